The predicted octanol–water partition coefficient (Wildman–Crippen LogP) is 2.55. The van der Waals surface area contributed by atoms with Gasteiger partial charge in [-0.2, -0.15) is 9.83 Å². The smallest absolute Gasteiger partial charge is 0.216 e. The van der Waals surface area contributed by atoms with Gasteiger partial charge in [0, 0.05) is 22.7 Å². The predicted molar refractivity (Wildman–Crippen MR) is 93.6 cm³/mol. The highest BCUT2D eigenvalue weighted by molar-refractivity contribution is 7.63. The third-order valence-electron chi connectivity index (χ3n) is 4.22. The average molecular weight is 358 g/mol. The second-order valence-corrected chi connectivity index (χ2v) is 6.77. The Morgan fingerprint density at radius 2 is 1.88 bits per heavy atom. The molecule has 0 saturated carbocycles. The minimum absolute atomic E-state index is 0.273. The van der Waals surface area contributed by atoms with E-state index in [9.17, 15) is 10.4 Å². The molecule has 0 saturated heterocycles. The second-order valence-electron chi connectivity index (χ2n) is 5.92. The van der Waals surface area contributed by atoms with Gasteiger partial charge in [0.15, 0.2) is 18.1 Å². The van der Waals surface area contributed by atoms with Crippen molar-refractivity contribution in [2.45, 2.75) is 24.6 Å². The summed E-state index contributed by atoms with van der Waals surface area (Å²) < 4.78 is 1.89. The first kappa shape index (κ1) is 16.7. The van der Waals surface area contributed by atoms with Crippen LogP contribution in [-0.4, -0.2) is 10.8 Å². The molecule has 2 unspecified atom stereocenters. The van der Waals surface area contributed by atoms with E-state index in [2.05, 4.69) is 11.4 Å². The summed E-state index contributed by atoms with van der Waals surface area (Å²) in [6.07, 6.45) is 3.74. The van der Waals surface area contributed by atoms with Crippen molar-refractivity contribution in [3.05, 3.63) is 76.0 Å². The summed E-state index contributed by atoms with van der Waals surface area (Å²) in [5, 5.41) is 24.4. The first-order valence-corrected chi connectivity index (χ1v) is 8.26. The monoisotopic (exact) mass is 357 g/mol. The zero-order valence-electron chi connectivity index (χ0n) is 13.0. The number of nitrogens with zero attached hydrogens (tertiary/aromatic N) is 2. The van der Waals surface area contributed by atoms with Crippen molar-refractivity contribution in [2.75, 3.05) is 0 Å². The molecule has 2 aromatic rings. The molecule has 0 amide bonds. The van der Waals surface area contributed by atoms with E-state index in [4.69, 9.17) is 24.2 Å². The Balaban J connectivity index is 2.22. The van der Waals surface area contributed by atoms with E-state index in [0.29, 0.717) is 10.6 Å². The van der Waals surface area contributed by atoms with Crippen LogP contribution in [0.15, 0.2) is 65.5 Å². The van der Waals surface area contributed by atoms with Crippen LogP contribution in [0.3, 0.4) is 0 Å². The lowest BCUT2D eigenvalue weighted by Gasteiger charge is -2.43. The van der Waals surface area contributed by atoms with Crippen LogP contribution in [0.5, 0.6) is 0 Å². The zero-order valence-corrected chi connectivity index (χ0v) is 14.6. The number of halogens is 1. The first-order valence-electron chi connectivity index (χ1n) is 7.47. The Kier molecular flexibility index (Phi) is 4.46. The van der Waals surface area contributed by atoms with E-state index in [1.54, 1.807) is 19.1 Å². The summed E-state index contributed by atoms with van der Waals surface area (Å²) in [5.74, 6) is -0.386. The fourth-order valence-electron chi connectivity index (χ4n) is 3.19. The molecule has 0 bridgehead atoms. The van der Waals surface area contributed by atoms with Crippen molar-refractivity contribution < 1.29 is 9.67 Å². The molecule has 122 valence electrons. The molecule has 3 rings (SSSR count). The quantitative estimate of drug-likeness (QED) is 0.640. The maximum atomic E-state index is 11.0. The molecule has 1 aliphatic rings. The minimum atomic E-state index is -1.31. The Hall–Kier alpha value is -2.13. The molecule has 1 aromatic heterocycles. The number of hydrogen-bond acceptors (Lipinski definition) is 4. The molecule has 0 fully saturated rings. The van der Waals surface area contributed by atoms with Crippen molar-refractivity contribution in [3.8, 4) is 6.07 Å². The van der Waals surface area contributed by atoms with E-state index in [0.717, 1.165) is 5.56 Å². The first-order chi connectivity index (χ1) is 11.4. The number of hydrogen-bond donors (Lipinski definition) is 2. The molecule has 0 radical (unpaired) electrons. The van der Waals surface area contributed by atoms with Gasteiger partial charge in [-0.05, 0) is 24.6 Å². The Morgan fingerprint density at radius 1 is 1.25 bits per heavy atom. The summed E-state index contributed by atoms with van der Waals surface area (Å²) >= 11 is 11.3. The molecule has 2 heterocycles. The van der Waals surface area contributed by atoms with Gasteiger partial charge in [0.1, 0.15) is 0 Å². The maximum Gasteiger partial charge on any atom is 0.216 e. The van der Waals surface area contributed by atoms with Gasteiger partial charge < -0.3 is 23.1 Å². The minimum Gasteiger partial charge on any atom is -0.762 e. The molecule has 6 heteroatoms. The number of aliphatic hydroxyl groups is 1. The number of nitriles is 1. The van der Waals surface area contributed by atoms with Crippen LogP contribution in [-0.2, 0) is 12.6 Å². The molecular weight excluding hydrogens is 342 g/mol. The van der Waals surface area contributed by atoms with E-state index in [-0.39, 0.29) is 10.9 Å². The van der Waals surface area contributed by atoms with E-state index in [1.807, 2.05) is 47.3 Å². The van der Waals surface area contributed by atoms with Crippen LogP contribution in [0, 0.1) is 11.3 Å². The van der Waals surface area contributed by atoms with Gasteiger partial charge in [0.25, 0.3) is 0 Å². The van der Waals surface area contributed by atoms with Crippen LogP contribution < -0.4 is 9.88 Å². The lowest BCUT2D eigenvalue weighted by atomic mass is 9.78. The lowest BCUT2D eigenvalue weighted by molar-refractivity contribution is -0.741. The van der Waals surface area contributed by atoms with E-state index < -0.39 is 11.8 Å². The third kappa shape index (κ3) is 2.96. The second kappa shape index (κ2) is 6.40. The molecule has 1 aromatic carbocycles. The van der Waals surface area contributed by atoms with Crippen LogP contribution in [0.2, 0.25) is 5.02 Å². The van der Waals surface area contributed by atoms with Gasteiger partial charge in [-0.25, -0.2) is 0 Å². The standard InChI is InChI=1S/C18H16ClN3OS/c1-18(23)16(22-9-3-2-4-10-22)15(14(11-20)17(24)21-18)12-5-7-13(19)8-6-12/h2-10,15-16,21,23H,1H3/t15?,16?,18-/m0/s1. The fourth-order valence-corrected chi connectivity index (χ4v) is 3.70. The van der Waals surface area contributed by atoms with Gasteiger partial charge in [0.2, 0.25) is 6.04 Å². The highest BCUT2D eigenvalue weighted by Gasteiger charge is 2.50. The van der Waals surface area contributed by atoms with Crippen LogP contribution >= 0.6 is 11.6 Å². The van der Waals surface area contributed by atoms with E-state index in [1.165, 1.54) is 0 Å². The summed E-state index contributed by atoms with van der Waals surface area (Å²) in [7, 11) is 0. The average Bonchev–Trinajstić information content (AvgIpc) is 2.55. The summed E-state index contributed by atoms with van der Waals surface area (Å²) in [6.45, 7) is 1.67. The highest BCUT2D eigenvalue weighted by atomic mass is 35.5. The van der Waals surface area contributed by atoms with Gasteiger partial charge in [-0.1, -0.05) is 34.8 Å². The van der Waals surface area contributed by atoms with E-state index >= 15 is 0 Å². The van der Waals surface area contributed by atoms with Gasteiger partial charge in [-0.15, -0.1) is 0 Å². The summed E-state index contributed by atoms with van der Waals surface area (Å²) in [4.78, 5) is 0. The lowest BCUT2D eigenvalue weighted by Crippen LogP contribution is -2.63. The fraction of sp³-hybridized carbons (Fsp3) is 0.222. The summed E-state index contributed by atoms with van der Waals surface area (Å²) in [6, 6.07) is 14.7. The molecular formula is C18H16ClN3OS. The molecule has 0 aliphatic carbocycles. The largest absolute Gasteiger partial charge is 0.762 e. The topological polar surface area (TPSA) is 59.9 Å². The van der Waals surface area contributed by atoms with Crippen molar-refractivity contribution >= 4 is 24.2 Å². The Morgan fingerprint density at radius 3 is 2.46 bits per heavy atom. The highest BCUT2D eigenvalue weighted by Crippen LogP contribution is 2.42. The molecule has 24 heavy (non-hydrogen) atoms. The van der Waals surface area contributed by atoms with Gasteiger partial charge in [-0.3, -0.25) is 0 Å². The SMILES string of the molecule is C[C@@]1(O)NC([S-])=C(C#N)C(c2ccc(Cl)cc2)C1[n+]1ccccc1. The maximum absolute atomic E-state index is 11.0. The number of pyridine rings is 1. The number of rotatable bonds is 2. The number of aromatic nitrogens is 1. The van der Waals surface area contributed by atoms with Crippen LogP contribution in [0.25, 0.3) is 0 Å². The Labute approximate surface area is 151 Å². The van der Waals surface area contributed by atoms with Gasteiger partial charge in [0.05, 0.1) is 12.0 Å². The summed E-state index contributed by atoms with van der Waals surface area (Å²) in [5.41, 5.74) is -0.00469. The Bertz CT molecular complexity index is 812. The van der Waals surface area contributed by atoms with Crippen LogP contribution in [0.4, 0.5) is 0 Å². The van der Waals surface area contributed by atoms with Crippen LogP contribution in [0.1, 0.15) is 24.4 Å². The number of benzene rings is 1. The van der Waals surface area contributed by atoms with Crippen molar-refractivity contribution in [3.63, 3.8) is 0 Å². The van der Waals surface area contributed by atoms with Crippen molar-refractivity contribution in [1.82, 2.24) is 5.32 Å². The number of allylic oxidation sites excluding steroid dienone is 1. The molecule has 0 spiro atoms. The van der Waals surface area contributed by atoms with Crippen molar-refractivity contribution in [1.29, 1.82) is 5.26 Å². The third-order valence-corrected chi connectivity index (χ3v) is 4.80. The molecule has 4 nitrogen and oxygen atoms in total. The van der Waals surface area contributed by atoms with Crippen molar-refractivity contribution in [2.24, 2.45) is 0 Å². The molecule has 3 atom stereocenters. The molecule has 2 N–H and O–H groups in total. The van der Waals surface area contributed by atoms with Gasteiger partial charge >= 0.3 is 0 Å². The normalized spacial score (nSPS) is 26.6. The zero-order chi connectivity index (χ0) is 17.3. The number of nitrogens with one attached hydrogen (secondary N) is 1. The molecule has 1 aliphatic heterocycles.